The van der Waals surface area contributed by atoms with Crippen LogP contribution >= 0.6 is 0 Å². The van der Waals surface area contributed by atoms with Gasteiger partial charge in [-0.2, -0.15) is 0 Å². The lowest BCUT2D eigenvalue weighted by atomic mass is 10.0. The first kappa shape index (κ1) is 20.2. The molecule has 1 amide bonds. The zero-order valence-electron chi connectivity index (χ0n) is 18.1. The molecule has 32 heavy (non-hydrogen) atoms. The number of furan rings is 1. The summed E-state index contributed by atoms with van der Waals surface area (Å²) in [4.78, 5) is 37.9. The molecule has 0 atom stereocenters. The summed E-state index contributed by atoms with van der Waals surface area (Å²) >= 11 is 0. The van der Waals surface area contributed by atoms with Gasteiger partial charge in [0.2, 0.25) is 11.9 Å². The quantitative estimate of drug-likeness (QED) is 0.457. The van der Waals surface area contributed by atoms with Gasteiger partial charge in [-0.25, -0.2) is 14.8 Å². The van der Waals surface area contributed by atoms with E-state index in [-0.39, 0.29) is 12.3 Å². The van der Waals surface area contributed by atoms with Crippen molar-refractivity contribution in [1.82, 2.24) is 14.9 Å². The summed E-state index contributed by atoms with van der Waals surface area (Å²) in [6.45, 7) is 6.49. The van der Waals surface area contributed by atoms with Crippen molar-refractivity contribution in [2.45, 2.75) is 26.7 Å². The van der Waals surface area contributed by atoms with Gasteiger partial charge in [0.1, 0.15) is 11.2 Å². The molecule has 0 bridgehead atoms. The van der Waals surface area contributed by atoms with E-state index in [1.165, 1.54) is 0 Å². The number of nitrogens with zero attached hydrogens (tertiary/aromatic N) is 4. The average Bonchev–Trinajstić information content (AvgIpc) is 3.18. The van der Waals surface area contributed by atoms with Crippen LogP contribution in [-0.4, -0.2) is 47.0 Å². The summed E-state index contributed by atoms with van der Waals surface area (Å²) in [5.74, 6) is 0.727. The van der Waals surface area contributed by atoms with Crippen LogP contribution < -0.4 is 10.5 Å². The van der Waals surface area contributed by atoms with Crippen molar-refractivity contribution in [2.24, 2.45) is 0 Å². The normalized spacial score (nSPS) is 14.4. The Bertz CT molecular complexity index is 1350. The Morgan fingerprint density at radius 3 is 2.53 bits per heavy atom. The van der Waals surface area contributed by atoms with E-state index >= 15 is 0 Å². The second-order valence-corrected chi connectivity index (χ2v) is 8.17. The molecule has 164 valence electrons. The first-order chi connectivity index (χ1) is 15.5. The number of rotatable bonds is 4. The average molecular weight is 432 g/mol. The fraction of sp³-hybridized carbons (Fsp3) is 0.333. The molecule has 1 saturated heterocycles. The SMILES string of the molecule is Cc1coc2cc3oc(=O)c(CCC(=O)N4CCN(c5ncccn5)CC4)c(C)c3cc12. The molecule has 4 aromatic rings. The Morgan fingerprint density at radius 1 is 1.03 bits per heavy atom. The van der Waals surface area contributed by atoms with Gasteiger partial charge in [-0.3, -0.25) is 4.79 Å². The molecule has 0 radical (unpaired) electrons. The van der Waals surface area contributed by atoms with Crippen LogP contribution in [0.1, 0.15) is 23.1 Å². The van der Waals surface area contributed by atoms with Crippen LogP contribution in [0.4, 0.5) is 5.95 Å². The number of anilines is 1. The topological polar surface area (TPSA) is 92.7 Å². The van der Waals surface area contributed by atoms with Crippen molar-refractivity contribution in [2.75, 3.05) is 31.1 Å². The van der Waals surface area contributed by atoms with E-state index in [9.17, 15) is 9.59 Å². The molecule has 5 rings (SSSR count). The van der Waals surface area contributed by atoms with E-state index < -0.39 is 5.63 Å². The van der Waals surface area contributed by atoms with Crippen molar-refractivity contribution in [1.29, 1.82) is 0 Å². The molecule has 0 saturated carbocycles. The lowest BCUT2D eigenvalue weighted by Gasteiger charge is -2.34. The Kier molecular flexibility index (Phi) is 5.13. The van der Waals surface area contributed by atoms with E-state index in [2.05, 4.69) is 14.9 Å². The minimum atomic E-state index is -0.392. The Labute approximate surface area is 184 Å². The summed E-state index contributed by atoms with van der Waals surface area (Å²) in [5.41, 5.74) is 3.25. The molecule has 0 N–H and O–H groups in total. The van der Waals surface area contributed by atoms with Gasteiger partial charge in [0.25, 0.3) is 0 Å². The molecule has 8 heteroatoms. The summed E-state index contributed by atoms with van der Waals surface area (Å²) in [7, 11) is 0. The second-order valence-electron chi connectivity index (χ2n) is 8.17. The maximum atomic E-state index is 12.8. The summed E-state index contributed by atoms with van der Waals surface area (Å²) in [6.07, 6.45) is 5.76. The third kappa shape index (κ3) is 3.62. The molecule has 1 aliphatic rings. The van der Waals surface area contributed by atoms with E-state index in [4.69, 9.17) is 8.83 Å². The van der Waals surface area contributed by atoms with Gasteiger partial charge in [-0.15, -0.1) is 0 Å². The van der Waals surface area contributed by atoms with Crippen molar-refractivity contribution in [3.05, 3.63) is 64.0 Å². The number of hydrogen-bond acceptors (Lipinski definition) is 7. The molecular formula is C24H24N4O4. The van der Waals surface area contributed by atoms with Gasteiger partial charge in [-0.05, 0) is 43.5 Å². The van der Waals surface area contributed by atoms with Crippen LogP contribution in [0.25, 0.3) is 21.9 Å². The number of aromatic nitrogens is 2. The molecule has 1 aliphatic heterocycles. The Balaban J connectivity index is 1.29. The standard InChI is InChI=1S/C24H24N4O4/c1-15-14-31-20-13-21-19(12-18(15)20)16(2)17(23(30)32-21)4-5-22(29)27-8-10-28(11-9-27)24-25-6-3-7-26-24/h3,6-7,12-14H,4-5,8-11H2,1-2H3. The van der Waals surface area contributed by atoms with Gasteiger partial charge >= 0.3 is 5.63 Å². The maximum absolute atomic E-state index is 12.8. The van der Waals surface area contributed by atoms with E-state index in [1.807, 2.05) is 24.8 Å². The highest BCUT2D eigenvalue weighted by molar-refractivity contribution is 5.96. The fourth-order valence-corrected chi connectivity index (χ4v) is 4.33. The number of piperazine rings is 1. The molecule has 1 aromatic carbocycles. The van der Waals surface area contributed by atoms with Crippen LogP contribution in [0.5, 0.6) is 0 Å². The highest BCUT2D eigenvalue weighted by Gasteiger charge is 2.23. The molecule has 0 unspecified atom stereocenters. The molecule has 4 heterocycles. The van der Waals surface area contributed by atoms with E-state index in [0.29, 0.717) is 55.3 Å². The highest BCUT2D eigenvalue weighted by atomic mass is 16.4. The largest absolute Gasteiger partial charge is 0.464 e. The predicted molar refractivity (Wildman–Crippen MR) is 121 cm³/mol. The molecule has 1 fully saturated rings. The zero-order chi connectivity index (χ0) is 22.2. The number of hydrogen-bond donors (Lipinski definition) is 0. The van der Waals surface area contributed by atoms with Gasteiger partial charge in [0.05, 0.1) is 6.26 Å². The minimum Gasteiger partial charge on any atom is -0.464 e. The van der Waals surface area contributed by atoms with E-state index in [1.54, 1.807) is 30.8 Å². The third-order valence-corrected chi connectivity index (χ3v) is 6.23. The monoisotopic (exact) mass is 432 g/mol. The summed E-state index contributed by atoms with van der Waals surface area (Å²) in [5, 5.41) is 1.87. The maximum Gasteiger partial charge on any atom is 0.339 e. The number of carbonyl (C=O) groups is 1. The van der Waals surface area contributed by atoms with Gasteiger partial charge < -0.3 is 18.6 Å². The summed E-state index contributed by atoms with van der Waals surface area (Å²) in [6, 6.07) is 5.54. The molecule has 0 aliphatic carbocycles. The number of fused-ring (bicyclic) bond motifs is 2. The van der Waals surface area contributed by atoms with Crippen molar-refractivity contribution < 1.29 is 13.6 Å². The number of benzene rings is 1. The predicted octanol–water partition coefficient (Wildman–Crippen LogP) is 3.23. The first-order valence-corrected chi connectivity index (χ1v) is 10.7. The van der Waals surface area contributed by atoms with Crippen LogP contribution in [-0.2, 0) is 11.2 Å². The number of carbonyl (C=O) groups excluding carboxylic acids is 1. The van der Waals surface area contributed by atoms with Crippen molar-refractivity contribution in [3.63, 3.8) is 0 Å². The number of amides is 1. The Hall–Kier alpha value is -3.68. The highest BCUT2D eigenvalue weighted by Crippen LogP contribution is 2.29. The lowest BCUT2D eigenvalue weighted by molar-refractivity contribution is -0.131. The lowest BCUT2D eigenvalue weighted by Crippen LogP contribution is -2.49. The number of aryl methyl sites for hydroxylation is 2. The van der Waals surface area contributed by atoms with Gasteiger partial charge in [0, 0.05) is 67.4 Å². The molecule has 8 nitrogen and oxygen atoms in total. The second kappa shape index (κ2) is 8.11. The van der Waals surface area contributed by atoms with Crippen LogP contribution in [0, 0.1) is 13.8 Å². The van der Waals surface area contributed by atoms with Crippen LogP contribution in [0.2, 0.25) is 0 Å². The van der Waals surface area contributed by atoms with Crippen molar-refractivity contribution >= 4 is 33.8 Å². The molecular weight excluding hydrogens is 408 g/mol. The third-order valence-electron chi connectivity index (χ3n) is 6.23. The van der Waals surface area contributed by atoms with Gasteiger partial charge in [0.15, 0.2) is 0 Å². The summed E-state index contributed by atoms with van der Waals surface area (Å²) < 4.78 is 11.1. The zero-order valence-corrected chi connectivity index (χ0v) is 18.1. The van der Waals surface area contributed by atoms with E-state index in [0.717, 1.165) is 21.9 Å². The fourth-order valence-electron chi connectivity index (χ4n) is 4.33. The molecule has 0 spiro atoms. The van der Waals surface area contributed by atoms with Crippen molar-refractivity contribution in [3.8, 4) is 0 Å². The smallest absolute Gasteiger partial charge is 0.339 e. The minimum absolute atomic E-state index is 0.0404. The van der Waals surface area contributed by atoms with Gasteiger partial charge in [-0.1, -0.05) is 0 Å². The van der Waals surface area contributed by atoms with Crippen LogP contribution in [0.3, 0.4) is 0 Å². The van der Waals surface area contributed by atoms with Crippen LogP contribution in [0.15, 0.2) is 50.5 Å². The first-order valence-electron chi connectivity index (χ1n) is 10.7. The Morgan fingerprint density at radius 2 is 1.78 bits per heavy atom. The molecule has 3 aromatic heterocycles.